The zero-order valence-electron chi connectivity index (χ0n) is 18.4. The van der Waals surface area contributed by atoms with E-state index in [1.54, 1.807) is 0 Å². The van der Waals surface area contributed by atoms with Crippen LogP contribution in [0.3, 0.4) is 0 Å². The van der Waals surface area contributed by atoms with Crippen molar-refractivity contribution in [1.82, 2.24) is 10.6 Å². The van der Waals surface area contributed by atoms with Gasteiger partial charge in [-0.1, -0.05) is 66.0 Å². The minimum atomic E-state index is 0.198. The third kappa shape index (κ3) is 2.43. The Balaban J connectivity index is 1.32. The fourth-order valence-electron chi connectivity index (χ4n) is 6.70. The SMILES string of the molecule is CC1(C)[C@@H]2CC[C@@]1(C)C(=S)C2=CNCCNC=C1C(=S)[C@]2(C)CC[C@H]1C2(C)C. The van der Waals surface area contributed by atoms with E-state index >= 15 is 0 Å². The monoisotopic (exact) mass is 416 g/mol. The van der Waals surface area contributed by atoms with Crippen LogP contribution in [0, 0.1) is 33.5 Å². The molecule has 4 atom stereocenters. The van der Waals surface area contributed by atoms with E-state index in [9.17, 15) is 0 Å². The highest BCUT2D eigenvalue weighted by atomic mass is 32.1. The van der Waals surface area contributed by atoms with Crippen LogP contribution in [0.25, 0.3) is 0 Å². The van der Waals surface area contributed by atoms with Crippen molar-refractivity contribution in [3.8, 4) is 0 Å². The molecule has 0 unspecified atom stereocenters. The molecule has 4 rings (SSSR count). The smallest absolute Gasteiger partial charge is 0.0315 e. The van der Waals surface area contributed by atoms with E-state index in [2.05, 4.69) is 64.6 Å². The van der Waals surface area contributed by atoms with Gasteiger partial charge in [0.1, 0.15) is 0 Å². The molecule has 0 spiro atoms. The van der Waals surface area contributed by atoms with Crippen LogP contribution < -0.4 is 10.6 Å². The molecule has 2 nitrogen and oxygen atoms in total. The van der Waals surface area contributed by atoms with E-state index in [-0.39, 0.29) is 10.8 Å². The summed E-state index contributed by atoms with van der Waals surface area (Å²) >= 11 is 11.7. The van der Waals surface area contributed by atoms with Gasteiger partial charge in [-0.3, -0.25) is 0 Å². The summed E-state index contributed by atoms with van der Waals surface area (Å²) in [5, 5.41) is 7.04. The van der Waals surface area contributed by atoms with Crippen molar-refractivity contribution >= 4 is 34.2 Å². The number of allylic oxidation sites excluding steroid dienone is 2. The van der Waals surface area contributed by atoms with E-state index in [0.29, 0.717) is 22.7 Å². The van der Waals surface area contributed by atoms with Gasteiger partial charge < -0.3 is 10.6 Å². The second-order valence-corrected chi connectivity index (χ2v) is 11.9. The quantitative estimate of drug-likeness (QED) is 0.347. The summed E-state index contributed by atoms with van der Waals surface area (Å²) in [6.07, 6.45) is 9.45. The molecule has 0 heterocycles. The molecule has 4 aliphatic rings. The first kappa shape index (κ1) is 20.5. The van der Waals surface area contributed by atoms with E-state index in [0.717, 1.165) is 13.1 Å². The predicted molar refractivity (Wildman–Crippen MR) is 127 cm³/mol. The fourth-order valence-corrected chi connectivity index (χ4v) is 7.83. The summed E-state index contributed by atoms with van der Waals surface area (Å²) in [5.41, 5.74) is 3.75. The maximum absolute atomic E-state index is 5.85. The zero-order valence-corrected chi connectivity index (χ0v) is 20.0. The van der Waals surface area contributed by atoms with E-state index in [4.69, 9.17) is 24.4 Å². The molecule has 0 radical (unpaired) electrons. The molecule has 2 N–H and O–H groups in total. The lowest BCUT2D eigenvalue weighted by Crippen LogP contribution is -2.31. The van der Waals surface area contributed by atoms with Gasteiger partial charge in [0.15, 0.2) is 0 Å². The van der Waals surface area contributed by atoms with Gasteiger partial charge in [-0.25, -0.2) is 0 Å². The molecule has 0 aromatic rings. The minimum Gasteiger partial charge on any atom is -0.389 e. The number of thiocarbonyl (C=S) groups is 2. The van der Waals surface area contributed by atoms with Crippen molar-refractivity contribution in [1.29, 1.82) is 0 Å². The summed E-state index contributed by atoms with van der Waals surface area (Å²) in [6.45, 7) is 16.1. The lowest BCUT2D eigenvalue weighted by molar-refractivity contribution is 0.204. The van der Waals surface area contributed by atoms with Gasteiger partial charge in [-0.05, 0) is 59.5 Å². The number of hydrogen-bond donors (Lipinski definition) is 2. The van der Waals surface area contributed by atoms with Crippen LogP contribution in [0.15, 0.2) is 23.5 Å². The van der Waals surface area contributed by atoms with Gasteiger partial charge in [0.25, 0.3) is 0 Å². The second kappa shape index (κ2) is 6.38. The van der Waals surface area contributed by atoms with Gasteiger partial charge in [0, 0.05) is 46.0 Å². The van der Waals surface area contributed by atoms with Crippen LogP contribution in [0.4, 0.5) is 0 Å². The molecule has 0 saturated heterocycles. The van der Waals surface area contributed by atoms with Crippen molar-refractivity contribution in [2.75, 3.05) is 13.1 Å². The standard InChI is InChI=1S/C24H36N2S2/c1-21(2)17-7-9-23(21,5)19(27)15(17)13-25-11-12-26-14-16-18-8-10-24(6,20(16)28)22(18,3)4/h13-14,17-18,25-26H,7-12H2,1-6H3/t17-,18-,23+,24+/m1/s1. The normalized spacial score (nSPS) is 42.8. The van der Waals surface area contributed by atoms with Gasteiger partial charge in [-0.2, -0.15) is 0 Å². The zero-order chi connectivity index (χ0) is 20.5. The van der Waals surface area contributed by atoms with Crippen molar-refractivity contribution in [3.05, 3.63) is 23.5 Å². The van der Waals surface area contributed by atoms with Crippen molar-refractivity contribution in [2.24, 2.45) is 33.5 Å². The number of rotatable bonds is 5. The lowest BCUT2D eigenvalue weighted by atomic mass is 9.71. The van der Waals surface area contributed by atoms with Crippen LogP contribution in [-0.4, -0.2) is 22.8 Å². The van der Waals surface area contributed by atoms with Crippen molar-refractivity contribution < 1.29 is 0 Å². The number of fused-ring (bicyclic) bond motifs is 4. The van der Waals surface area contributed by atoms with E-state index in [1.807, 2.05) is 0 Å². The largest absolute Gasteiger partial charge is 0.389 e. The van der Waals surface area contributed by atoms with Gasteiger partial charge in [-0.15, -0.1) is 0 Å². The van der Waals surface area contributed by atoms with Crippen LogP contribution >= 0.6 is 24.4 Å². The molecular formula is C24H36N2S2. The Bertz CT molecular complexity index is 724. The van der Waals surface area contributed by atoms with E-state index < -0.39 is 0 Å². The number of nitrogens with one attached hydrogen (secondary N) is 2. The van der Waals surface area contributed by atoms with E-state index in [1.165, 1.54) is 46.6 Å². The van der Waals surface area contributed by atoms with Crippen LogP contribution in [0.5, 0.6) is 0 Å². The molecule has 4 bridgehead atoms. The first-order valence-electron chi connectivity index (χ1n) is 10.9. The molecule has 154 valence electrons. The third-order valence-electron chi connectivity index (χ3n) is 9.66. The van der Waals surface area contributed by atoms with Gasteiger partial charge >= 0.3 is 0 Å². The van der Waals surface area contributed by atoms with Crippen LogP contribution in [-0.2, 0) is 0 Å². The average Bonchev–Trinajstić information content (AvgIpc) is 3.10. The minimum absolute atomic E-state index is 0.198. The molecule has 0 amide bonds. The molecule has 28 heavy (non-hydrogen) atoms. The fraction of sp³-hybridized carbons (Fsp3) is 0.750. The summed E-state index contributed by atoms with van der Waals surface area (Å²) < 4.78 is 0. The van der Waals surface area contributed by atoms with Crippen molar-refractivity contribution in [3.63, 3.8) is 0 Å². The first-order chi connectivity index (χ1) is 13.0. The summed E-state index contributed by atoms with van der Waals surface area (Å²) in [5.74, 6) is 1.23. The molecule has 0 aliphatic heterocycles. The summed E-state index contributed by atoms with van der Waals surface area (Å²) in [6, 6.07) is 0. The highest BCUT2D eigenvalue weighted by molar-refractivity contribution is 7.81. The first-order valence-corrected chi connectivity index (χ1v) is 11.8. The van der Waals surface area contributed by atoms with Gasteiger partial charge in [0.2, 0.25) is 0 Å². The Labute approximate surface area is 182 Å². The highest BCUT2D eigenvalue weighted by Crippen LogP contribution is 2.66. The topological polar surface area (TPSA) is 24.1 Å². The maximum atomic E-state index is 5.85. The summed E-state index contributed by atoms with van der Waals surface area (Å²) in [4.78, 5) is 2.39. The Kier molecular flexibility index (Phi) is 4.68. The Morgan fingerprint density at radius 3 is 1.39 bits per heavy atom. The summed E-state index contributed by atoms with van der Waals surface area (Å²) in [7, 11) is 0. The Morgan fingerprint density at radius 1 is 0.750 bits per heavy atom. The molecule has 4 saturated carbocycles. The Hall–Kier alpha value is -0.740. The predicted octanol–water partition coefficient (Wildman–Crippen LogP) is 5.59. The molecular weight excluding hydrogens is 380 g/mol. The highest BCUT2D eigenvalue weighted by Gasteiger charge is 2.62. The molecule has 4 aliphatic carbocycles. The maximum Gasteiger partial charge on any atom is 0.0315 e. The van der Waals surface area contributed by atoms with Gasteiger partial charge in [0.05, 0.1) is 0 Å². The van der Waals surface area contributed by atoms with Crippen LogP contribution in [0.2, 0.25) is 0 Å². The molecule has 4 heteroatoms. The molecule has 0 aromatic heterocycles. The van der Waals surface area contributed by atoms with Crippen LogP contribution in [0.1, 0.15) is 67.2 Å². The van der Waals surface area contributed by atoms with Crippen molar-refractivity contribution in [2.45, 2.75) is 67.2 Å². The number of hydrogen-bond acceptors (Lipinski definition) is 4. The average molecular weight is 417 g/mol. The second-order valence-electron chi connectivity index (χ2n) is 11.1. The molecule has 0 aromatic carbocycles. The Morgan fingerprint density at radius 2 is 1.11 bits per heavy atom. The molecule has 4 fully saturated rings. The third-order valence-corrected chi connectivity index (χ3v) is 11.0. The lowest BCUT2D eigenvalue weighted by Gasteiger charge is -2.33.